The van der Waals surface area contributed by atoms with Crippen molar-refractivity contribution in [2.45, 2.75) is 6.42 Å². The highest BCUT2D eigenvalue weighted by Crippen LogP contribution is 2.40. The molecule has 0 amide bonds. The van der Waals surface area contributed by atoms with Crippen molar-refractivity contribution in [1.29, 1.82) is 0 Å². The van der Waals surface area contributed by atoms with Gasteiger partial charge >= 0.3 is 0 Å². The van der Waals surface area contributed by atoms with Crippen molar-refractivity contribution in [1.82, 2.24) is 0 Å². The van der Waals surface area contributed by atoms with E-state index in [0.717, 1.165) is 17.8 Å². The summed E-state index contributed by atoms with van der Waals surface area (Å²) < 4.78 is 0. The van der Waals surface area contributed by atoms with Gasteiger partial charge in [0.2, 0.25) is 0 Å². The number of rotatable bonds is 5. The Balaban J connectivity index is 1.60. The van der Waals surface area contributed by atoms with Gasteiger partial charge in [-0.3, -0.25) is 0 Å². The molecule has 0 unspecified atom stereocenters. The summed E-state index contributed by atoms with van der Waals surface area (Å²) in [7, 11) is 2.14. The Labute approximate surface area is 196 Å². The van der Waals surface area contributed by atoms with Crippen molar-refractivity contribution < 1.29 is 0 Å². The molecule has 4 aromatic rings. The Bertz CT molecular complexity index is 1360. The molecule has 0 aromatic heterocycles. The predicted molar refractivity (Wildman–Crippen MR) is 142 cm³/mol. The van der Waals surface area contributed by atoms with Crippen molar-refractivity contribution in [3.63, 3.8) is 0 Å². The van der Waals surface area contributed by atoms with E-state index in [0.29, 0.717) is 0 Å². The van der Waals surface area contributed by atoms with E-state index >= 15 is 0 Å². The van der Waals surface area contributed by atoms with Gasteiger partial charge < -0.3 is 4.90 Å². The first-order valence-corrected chi connectivity index (χ1v) is 11.4. The number of anilines is 1. The fourth-order valence-corrected chi connectivity index (χ4v) is 4.69. The molecule has 0 N–H and O–H groups in total. The van der Waals surface area contributed by atoms with Crippen molar-refractivity contribution in [3.05, 3.63) is 145 Å². The largest absolute Gasteiger partial charge is 0.344 e. The summed E-state index contributed by atoms with van der Waals surface area (Å²) in [6.45, 7) is 4.00. The number of fused-ring (bicyclic) bond motifs is 3. The molecule has 0 saturated carbocycles. The van der Waals surface area contributed by atoms with E-state index in [-0.39, 0.29) is 0 Å². The van der Waals surface area contributed by atoms with E-state index in [2.05, 4.69) is 134 Å². The molecular weight excluding hydrogens is 398 g/mol. The molecule has 0 heterocycles. The summed E-state index contributed by atoms with van der Waals surface area (Å²) in [6.07, 6.45) is 7.20. The van der Waals surface area contributed by atoms with Gasteiger partial charge in [-0.05, 0) is 58.0 Å². The van der Waals surface area contributed by atoms with Crippen LogP contribution in [0.2, 0.25) is 0 Å². The first-order valence-electron chi connectivity index (χ1n) is 11.4. The second-order valence-electron chi connectivity index (χ2n) is 8.32. The maximum Gasteiger partial charge on any atom is 0.0487 e. The van der Waals surface area contributed by atoms with Gasteiger partial charge in [0.15, 0.2) is 0 Å². The molecule has 0 bridgehead atoms. The second-order valence-corrected chi connectivity index (χ2v) is 8.32. The number of hydrogen-bond acceptors (Lipinski definition) is 1. The van der Waals surface area contributed by atoms with Crippen molar-refractivity contribution in [2.24, 2.45) is 0 Å². The average molecular weight is 426 g/mol. The normalized spacial score (nSPS) is 13.8. The summed E-state index contributed by atoms with van der Waals surface area (Å²) in [4.78, 5) is 2.26. The van der Waals surface area contributed by atoms with Crippen LogP contribution >= 0.6 is 0 Å². The molecule has 1 heteroatoms. The lowest BCUT2D eigenvalue weighted by atomic mass is 9.82. The molecule has 0 radical (unpaired) electrons. The third kappa shape index (κ3) is 4.06. The number of nitrogens with zero attached hydrogens (tertiary/aromatic N) is 1. The average Bonchev–Trinajstić information content (AvgIpc) is 2.88. The zero-order valence-electron chi connectivity index (χ0n) is 18.9. The van der Waals surface area contributed by atoms with Gasteiger partial charge in [0.05, 0.1) is 0 Å². The third-order valence-corrected chi connectivity index (χ3v) is 6.31. The number of allylic oxidation sites excluding steroid dienone is 4. The van der Waals surface area contributed by atoms with Crippen LogP contribution in [0.5, 0.6) is 0 Å². The molecule has 0 saturated heterocycles. The monoisotopic (exact) mass is 425 g/mol. The van der Waals surface area contributed by atoms with Crippen molar-refractivity contribution >= 4 is 11.3 Å². The topological polar surface area (TPSA) is 3.24 Å². The van der Waals surface area contributed by atoms with Gasteiger partial charge in [-0.2, -0.15) is 0 Å². The molecule has 160 valence electrons. The van der Waals surface area contributed by atoms with Gasteiger partial charge in [-0.15, -0.1) is 0 Å². The molecule has 33 heavy (non-hydrogen) atoms. The SMILES string of the molecule is C=C/C=C(\C=C1/Cc2ccccc2-c2ccccc21)N(C)c1ccccc1-c1ccccc1. The maximum absolute atomic E-state index is 4.00. The molecule has 0 fully saturated rings. The lowest BCUT2D eigenvalue weighted by Gasteiger charge is -2.27. The summed E-state index contributed by atoms with van der Waals surface area (Å²) in [5, 5.41) is 0. The fourth-order valence-electron chi connectivity index (χ4n) is 4.69. The first kappa shape index (κ1) is 20.8. The Morgan fingerprint density at radius 2 is 1.30 bits per heavy atom. The summed E-state index contributed by atoms with van der Waals surface area (Å²) in [6, 6.07) is 36.6. The maximum atomic E-state index is 4.00. The zero-order chi connectivity index (χ0) is 22.6. The molecule has 0 spiro atoms. The third-order valence-electron chi connectivity index (χ3n) is 6.31. The van der Waals surface area contributed by atoms with Gasteiger partial charge in [-0.25, -0.2) is 0 Å². The van der Waals surface area contributed by atoms with Gasteiger partial charge in [0.25, 0.3) is 0 Å². The van der Waals surface area contributed by atoms with Gasteiger partial charge in [0.1, 0.15) is 0 Å². The van der Waals surface area contributed by atoms with E-state index in [1.165, 1.54) is 39.0 Å². The first-order chi connectivity index (χ1) is 16.3. The molecule has 0 atom stereocenters. The summed E-state index contributed by atoms with van der Waals surface area (Å²) >= 11 is 0. The Hall–Kier alpha value is -4.10. The van der Waals surface area contributed by atoms with Crippen LogP contribution in [0.15, 0.2) is 134 Å². The van der Waals surface area contributed by atoms with E-state index < -0.39 is 0 Å². The fraction of sp³-hybridized carbons (Fsp3) is 0.0625. The van der Waals surface area contributed by atoms with E-state index in [4.69, 9.17) is 0 Å². The summed E-state index contributed by atoms with van der Waals surface area (Å²) in [5.41, 5.74) is 11.3. The highest BCUT2D eigenvalue weighted by Gasteiger charge is 2.20. The lowest BCUT2D eigenvalue weighted by molar-refractivity contribution is 1.13. The number of benzene rings is 4. The quantitative estimate of drug-likeness (QED) is 0.291. The standard InChI is InChI=1S/C32H27N/c1-3-13-27(33(2)32-21-12-11-19-30(32)24-14-5-4-6-15-24)23-26-22-25-16-7-8-17-28(25)31-20-10-9-18-29(26)31/h3-21,23H,1,22H2,2H3/b26-23+,27-13+. The van der Waals surface area contributed by atoms with E-state index in [1.54, 1.807) is 0 Å². The van der Waals surface area contributed by atoms with Crippen LogP contribution in [0, 0.1) is 0 Å². The van der Waals surface area contributed by atoms with Crippen LogP contribution in [0.3, 0.4) is 0 Å². The minimum absolute atomic E-state index is 0.913. The Morgan fingerprint density at radius 3 is 2.06 bits per heavy atom. The molecule has 1 aliphatic rings. The smallest absolute Gasteiger partial charge is 0.0487 e. The Kier molecular flexibility index (Phi) is 5.78. The van der Waals surface area contributed by atoms with Gasteiger partial charge in [0, 0.05) is 24.0 Å². The number of likely N-dealkylation sites (N-methyl/N-ethyl adjacent to an activating group) is 1. The second kappa shape index (κ2) is 9.18. The molecule has 1 nitrogen and oxygen atoms in total. The van der Waals surface area contributed by atoms with Crippen LogP contribution in [0.25, 0.3) is 27.8 Å². The van der Waals surface area contributed by atoms with Crippen molar-refractivity contribution in [3.8, 4) is 22.3 Å². The van der Waals surface area contributed by atoms with Crippen molar-refractivity contribution in [2.75, 3.05) is 11.9 Å². The lowest BCUT2D eigenvalue weighted by Crippen LogP contribution is -2.17. The molecule has 4 aromatic carbocycles. The number of hydrogen-bond donors (Lipinski definition) is 0. The van der Waals surface area contributed by atoms with E-state index in [1.807, 2.05) is 6.08 Å². The number of para-hydroxylation sites is 1. The molecular formula is C32H27N. The minimum atomic E-state index is 0.913. The van der Waals surface area contributed by atoms with Crippen LogP contribution < -0.4 is 4.90 Å². The predicted octanol–water partition coefficient (Wildman–Crippen LogP) is 8.17. The Morgan fingerprint density at radius 1 is 0.697 bits per heavy atom. The molecule has 5 rings (SSSR count). The van der Waals surface area contributed by atoms with Gasteiger partial charge in [-0.1, -0.05) is 110 Å². The highest BCUT2D eigenvalue weighted by molar-refractivity contribution is 5.90. The van der Waals surface area contributed by atoms with Crippen LogP contribution in [0.4, 0.5) is 5.69 Å². The van der Waals surface area contributed by atoms with Crippen LogP contribution in [0.1, 0.15) is 11.1 Å². The summed E-state index contributed by atoms with van der Waals surface area (Å²) in [5.74, 6) is 0. The van der Waals surface area contributed by atoms with E-state index in [9.17, 15) is 0 Å². The highest BCUT2D eigenvalue weighted by atomic mass is 15.1. The minimum Gasteiger partial charge on any atom is -0.344 e. The molecule has 0 aliphatic heterocycles. The van der Waals surface area contributed by atoms with Crippen LogP contribution in [-0.4, -0.2) is 7.05 Å². The van der Waals surface area contributed by atoms with Crippen LogP contribution in [-0.2, 0) is 6.42 Å². The zero-order valence-corrected chi connectivity index (χ0v) is 18.9. The molecule has 1 aliphatic carbocycles.